The monoisotopic (exact) mass is 336 g/mol. The van der Waals surface area contributed by atoms with Crippen LogP contribution in [0.1, 0.15) is 13.8 Å². The Bertz CT molecular complexity index is 707. The third-order valence-electron chi connectivity index (χ3n) is 5.06. The van der Waals surface area contributed by atoms with E-state index in [1.807, 2.05) is 7.05 Å². The van der Waals surface area contributed by atoms with Crippen LogP contribution in [0.15, 0.2) is 4.60 Å². The standard InChI is InChI=1S/C13H17BrN6/c1-13(2)6-4-20(5-7(6)13)12-16-8-9(11(15)17-12)19(3)18-10(8)14/h6-7H,4-5H2,1-3H3,(H2,15,16,17). The van der Waals surface area contributed by atoms with Crippen LogP contribution in [0, 0.1) is 17.3 Å². The van der Waals surface area contributed by atoms with Gasteiger partial charge in [-0.15, -0.1) is 0 Å². The third-order valence-corrected chi connectivity index (χ3v) is 5.60. The van der Waals surface area contributed by atoms with Gasteiger partial charge in [0.25, 0.3) is 0 Å². The van der Waals surface area contributed by atoms with Crippen LogP contribution in [0.5, 0.6) is 0 Å². The van der Waals surface area contributed by atoms with Crippen LogP contribution in [0.3, 0.4) is 0 Å². The number of halogens is 1. The lowest BCUT2D eigenvalue weighted by molar-refractivity contribution is 0.497. The van der Waals surface area contributed by atoms with Gasteiger partial charge >= 0.3 is 0 Å². The van der Waals surface area contributed by atoms with Crippen LogP contribution in [-0.2, 0) is 7.05 Å². The van der Waals surface area contributed by atoms with Crippen molar-refractivity contribution in [3.05, 3.63) is 4.60 Å². The van der Waals surface area contributed by atoms with Crippen LogP contribution < -0.4 is 10.6 Å². The van der Waals surface area contributed by atoms with E-state index in [0.717, 1.165) is 46.5 Å². The number of hydrogen-bond acceptors (Lipinski definition) is 5. The molecule has 7 heteroatoms. The number of hydrogen-bond donors (Lipinski definition) is 1. The fourth-order valence-corrected chi connectivity index (χ4v) is 4.10. The van der Waals surface area contributed by atoms with Crippen molar-refractivity contribution in [1.29, 1.82) is 0 Å². The smallest absolute Gasteiger partial charge is 0.228 e. The molecule has 1 saturated heterocycles. The Morgan fingerprint density at radius 2 is 1.90 bits per heavy atom. The van der Waals surface area contributed by atoms with E-state index < -0.39 is 0 Å². The van der Waals surface area contributed by atoms with Gasteiger partial charge in [-0.2, -0.15) is 10.1 Å². The fourth-order valence-electron chi connectivity index (χ4n) is 3.59. The average molecular weight is 337 g/mol. The Morgan fingerprint density at radius 1 is 1.25 bits per heavy atom. The van der Waals surface area contributed by atoms with E-state index in [1.54, 1.807) is 4.68 Å². The molecule has 2 aromatic heterocycles. The molecule has 0 bridgehead atoms. The van der Waals surface area contributed by atoms with E-state index in [2.05, 4.69) is 49.7 Å². The fraction of sp³-hybridized carbons (Fsp3) is 0.615. The van der Waals surface area contributed by atoms with Gasteiger partial charge in [-0.1, -0.05) is 13.8 Å². The maximum absolute atomic E-state index is 6.08. The Hall–Kier alpha value is -1.37. The van der Waals surface area contributed by atoms with Crippen molar-refractivity contribution in [2.75, 3.05) is 23.7 Å². The third kappa shape index (κ3) is 1.47. The lowest BCUT2D eigenvalue weighted by atomic mass is 10.1. The number of nitrogens with two attached hydrogens (primary N) is 1. The van der Waals surface area contributed by atoms with E-state index >= 15 is 0 Å². The Kier molecular flexibility index (Phi) is 2.25. The van der Waals surface area contributed by atoms with Gasteiger partial charge in [0, 0.05) is 20.1 Å². The first-order valence-corrected chi connectivity index (χ1v) is 7.59. The van der Waals surface area contributed by atoms with Crippen LogP contribution in [0.2, 0.25) is 0 Å². The number of rotatable bonds is 1. The molecule has 2 aliphatic rings. The minimum atomic E-state index is 0.487. The highest BCUT2D eigenvalue weighted by Gasteiger charge is 2.62. The van der Waals surface area contributed by atoms with E-state index in [4.69, 9.17) is 5.73 Å². The summed E-state index contributed by atoms with van der Waals surface area (Å²) in [5, 5.41) is 4.30. The highest BCUT2D eigenvalue weighted by atomic mass is 79.9. The van der Waals surface area contributed by atoms with Crippen molar-refractivity contribution >= 4 is 38.7 Å². The topological polar surface area (TPSA) is 72.9 Å². The van der Waals surface area contributed by atoms with Gasteiger partial charge in [0.15, 0.2) is 10.4 Å². The van der Waals surface area contributed by atoms with Gasteiger partial charge in [-0.25, -0.2) is 4.98 Å². The van der Waals surface area contributed by atoms with Crippen molar-refractivity contribution < 1.29 is 0 Å². The summed E-state index contributed by atoms with van der Waals surface area (Å²) in [5.74, 6) is 2.75. The first-order valence-electron chi connectivity index (χ1n) is 6.80. The number of aromatic nitrogens is 4. The Balaban J connectivity index is 1.74. The molecule has 0 amide bonds. The molecule has 0 spiro atoms. The largest absolute Gasteiger partial charge is 0.382 e. The van der Waals surface area contributed by atoms with Gasteiger partial charge in [0.1, 0.15) is 11.0 Å². The molecule has 3 heterocycles. The molecule has 6 nitrogen and oxygen atoms in total. The predicted octanol–water partition coefficient (Wildman–Crippen LogP) is 1.80. The summed E-state index contributed by atoms with van der Waals surface area (Å²) < 4.78 is 2.43. The molecular weight excluding hydrogens is 320 g/mol. The highest BCUT2D eigenvalue weighted by molar-refractivity contribution is 9.10. The summed E-state index contributed by atoms with van der Waals surface area (Å²) in [6.45, 7) is 6.74. The summed E-state index contributed by atoms with van der Waals surface area (Å²) in [7, 11) is 1.85. The first-order chi connectivity index (χ1) is 9.39. The molecule has 0 aromatic carbocycles. The zero-order chi connectivity index (χ0) is 14.2. The molecule has 2 N–H and O–H groups in total. The number of nitrogens with zero attached hydrogens (tertiary/aromatic N) is 5. The van der Waals surface area contributed by atoms with Crippen LogP contribution in [0.4, 0.5) is 11.8 Å². The first kappa shape index (κ1) is 12.4. The summed E-state index contributed by atoms with van der Waals surface area (Å²) in [4.78, 5) is 11.4. The van der Waals surface area contributed by atoms with Gasteiger partial charge in [0.2, 0.25) is 5.95 Å². The van der Waals surface area contributed by atoms with Gasteiger partial charge < -0.3 is 10.6 Å². The van der Waals surface area contributed by atoms with Crippen molar-refractivity contribution in [1.82, 2.24) is 19.7 Å². The SMILES string of the molecule is Cn1nc(Br)c2nc(N3CC4C(C3)C4(C)C)nc(N)c21. The normalized spacial score (nSPS) is 27.1. The molecule has 2 fully saturated rings. The van der Waals surface area contributed by atoms with E-state index in [0.29, 0.717) is 11.2 Å². The summed E-state index contributed by atoms with van der Waals surface area (Å²) in [6.07, 6.45) is 0. The second kappa shape index (κ2) is 3.63. The average Bonchev–Trinajstić information content (AvgIpc) is 2.75. The Labute approximate surface area is 125 Å². The molecule has 4 rings (SSSR count). The van der Waals surface area contributed by atoms with Gasteiger partial charge in [0.05, 0.1) is 0 Å². The zero-order valence-electron chi connectivity index (χ0n) is 11.8. The maximum Gasteiger partial charge on any atom is 0.228 e. The minimum absolute atomic E-state index is 0.487. The van der Waals surface area contributed by atoms with Crippen LogP contribution in [0.25, 0.3) is 11.0 Å². The van der Waals surface area contributed by atoms with E-state index in [-0.39, 0.29) is 0 Å². The number of nitrogen functional groups attached to an aromatic ring is 1. The van der Waals surface area contributed by atoms with E-state index in [9.17, 15) is 0 Å². The number of anilines is 2. The number of aryl methyl sites for hydroxylation is 1. The molecule has 1 saturated carbocycles. The van der Waals surface area contributed by atoms with Crippen molar-refractivity contribution in [3.8, 4) is 0 Å². The highest BCUT2D eigenvalue weighted by Crippen LogP contribution is 2.62. The molecule has 106 valence electrons. The van der Waals surface area contributed by atoms with Crippen molar-refractivity contribution in [3.63, 3.8) is 0 Å². The van der Waals surface area contributed by atoms with Crippen LogP contribution >= 0.6 is 15.9 Å². The molecule has 20 heavy (non-hydrogen) atoms. The molecule has 1 aliphatic heterocycles. The predicted molar refractivity (Wildman–Crippen MR) is 81.4 cm³/mol. The zero-order valence-corrected chi connectivity index (χ0v) is 13.3. The second-order valence-corrected chi connectivity index (χ2v) is 7.21. The molecule has 1 aliphatic carbocycles. The molecule has 2 atom stereocenters. The van der Waals surface area contributed by atoms with Gasteiger partial charge in [-0.05, 0) is 33.2 Å². The number of piperidine rings is 1. The molecule has 0 radical (unpaired) electrons. The summed E-state index contributed by atoms with van der Waals surface area (Å²) in [5.41, 5.74) is 8.14. The minimum Gasteiger partial charge on any atom is -0.382 e. The Morgan fingerprint density at radius 3 is 2.55 bits per heavy atom. The summed E-state index contributed by atoms with van der Waals surface area (Å²) in [6, 6.07) is 0. The second-order valence-electron chi connectivity index (χ2n) is 6.46. The van der Waals surface area contributed by atoms with E-state index in [1.165, 1.54) is 0 Å². The van der Waals surface area contributed by atoms with Crippen molar-refractivity contribution in [2.24, 2.45) is 24.3 Å². The summed E-state index contributed by atoms with van der Waals surface area (Å²) >= 11 is 3.44. The molecular formula is C13H17BrN6. The lowest BCUT2D eigenvalue weighted by Crippen LogP contribution is -2.28. The van der Waals surface area contributed by atoms with Crippen molar-refractivity contribution in [2.45, 2.75) is 13.8 Å². The van der Waals surface area contributed by atoms with Crippen LogP contribution in [-0.4, -0.2) is 32.8 Å². The lowest BCUT2D eigenvalue weighted by Gasteiger charge is -2.22. The molecule has 2 unspecified atom stereocenters. The quantitative estimate of drug-likeness (QED) is 0.859. The van der Waals surface area contributed by atoms with Gasteiger partial charge in [-0.3, -0.25) is 4.68 Å². The number of fused-ring (bicyclic) bond motifs is 2. The maximum atomic E-state index is 6.08. The molecule has 2 aromatic rings.